The summed E-state index contributed by atoms with van der Waals surface area (Å²) in [5.74, 6) is -2.59. The van der Waals surface area contributed by atoms with Crippen LogP contribution in [0.3, 0.4) is 0 Å². The standard InChI is InChI=1S/C13H13ClF4N2O4/c1-12(24,10(21)22)5-19-11(23)20-9(13(16,17)18)6-2-3-8(15)7(14)4-6/h2-4,9,24H,5H2,1H3,(H,21,22)(H2,19,20,23). The SMILES string of the molecule is CC(O)(CNC(=O)NC(c1ccc(F)c(Cl)c1)C(F)(F)F)C(=O)O. The molecule has 11 heteroatoms. The lowest BCUT2D eigenvalue weighted by Gasteiger charge is -2.24. The molecule has 2 amide bonds. The zero-order valence-corrected chi connectivity index (χ0v) is 12.9. The van der Waals surface area contributed by atoms with Crippen LogP contribution in [-0.2, 0) is 4.79 Å². The Hall–Kier alpha value is -2.07. The minimum Gasteiger partial charge on any atom is -0.479 e. The monoisotopic (exact) mass is 372 g/mol. The smallest absolute Gasteiger partial charge is 0.412 e. The highest BCUT2D eigenvalue weighted by atomic mass is 35.5. The summed E-state index contributed by atoms with van der Waals surface area (Å²) in [5, 5.41) is 20.9. The first-order valence-electron chi connectivity index (χ1n) is 6.36. The molecule has 0 bridgehead atoms. The summed E-state index contributed by atoms with van der Waals surface area (Å²) in [7, 11) is 0. The third-order valence-electron chi connectivity index (χ3n) is 2.93. The van der Waals surface area contributed by atoms with Gasteiger partial charge in [0.05, 0.1) is 11.6 Å². The number of hydrogen-bond donors (Lipinski definition) is 4. The van der Waals surface area contributed by atoms with Gasteiger partial charge in [0.25, 0.3) is 0 Å². The Morgan fingerprint density at radius 1 is 1.33 bits per heavy atom. The number of carbonyl (C=O) groups is 2. The first-order chi connectivity index (χ1) is 10.8. The van der Waals surface area contributed by atoms with Gasteiger partial charge in [-0.2, -0.15) is 13.2 Å². The van der Waals surface area contributed by atoms with Crippen molar-refractivity contribution in [2.45, 2.75) is 24.7 Å². The van der Waals surface area contributed by atoms with Crippen LogP contribution >= 0.6 is 11.6 Å². The lowest BCUT2D eigenvalue weighted by atomic mass is 10.1. The molecule has 0 aliphatic carbocycles. The highest BCUT2D eigenvalue weighted by molar-refractivity contribution is 6.30. The van der Waals surface area contributed by atoms with Crippen LogP contribution in [0.4, 0.5) is 22.4 Å². The number of alkyl halides is 3. The first kappa shape index (κ1) is 20.0. The van der Waals surface area contributed by atoms with Crippen molar-refractivity contribution in [2.24, 2.45) is 0 Å². The Morgan fingerprint density at radius 2 is 1.92 bits per heavy atom. The van der Waals surface area contributed by atoms with Gasteiger partial charge in [-0.15, -0.1) is 0 Å². The number of nitrogens with one attached hydrogen (secondary N) is 2. The third kappa shape index (κ3) is 5.24. The number of hydrogen-bond acceptors (Lipinski definition) is 3. The van der Waals surface area contributed by atoms with Crippen LogP contribution in [-0.4, -0.2) is 40.5 Å². The molecule has 134 valence electrons. The van der Waals surface area contributed by atoms with Gasteiger partial charge < -0.3 is 20.8 Å². The average molecular weight is 373 g/mol. The van der Waals surface area contributed by atoms with Gasteiger partial charge >= 0.3 is 18.2 Å². The number of carboxylic acid groups (broad SMARTS) is 1. The van der Waals surface area contributed by atoms with Crippen molar-refractivity contribution in [1.29, 1.82) is 0 Å². The van der Waals surface area contributed by atoms with Gasteiger partial charge in [0.2, 0.25) is 0 Å². The zero-order chi connectivity index (χ0) is 18.7. The topological polar surface area (TPSA) is 98.7 Å². The zero-order valence-electron chi connectivity index (χ0n) is 12.1. The van der Waals surface area contributed by atoms with Gasteiger partial charge in [0.15, 0.2) is 11.6 Å². The fourth-order valence-corrected chi connectivity index (χ4v) is 1.75. The van der Waals surface area contributed by atoms with E-state index in [0.29, 0.717) is 12.1 Å². The van der Waals surface area contributed by atoms with Crippen LogP contribution in [0.1, 0.15) is 18.5 Å². The number of benzene rings is 1. The molecule has 0 aliphatic rings. The molecule has 0 saturated heterocycles. The molecular formula is C13H13ClF4N2O4. The van der Waals surface area contributed by atoms with E-state index in [1.54, 1.807) is 5.32 Å². The Kier molecular flexibility index (Phi) is 6.01. The Morgan fingerprint density at radius 3 is 2.38 bits per heavy atom. The quantitative estimate of drug-likeness (QED) is 0.596. The molecule has 0 radical (unpaired) electrons. The van der Waals surface area contributed by atoms with Crippen LogP contribution < -0.4 is 10.6 Å². The summed E-state index contributed by atoms with van der Waals surface area (Å²) in [5.41, 5.74) is -2.88. The van der Waals surface area contributed by atoms with Crippen LogP contribution in [0.5, 0.6) is 0 Å². The highest BCUT2D eigenvalue weighted by Gasteiger charge is 2.42. The summed E-state index contributed by atoms with van der Waals surface area (Å²) >= 11 is 5.43. The molecule has 4 N–H and O–H groups in total. The Balaban J connectivity index is 2.90. The van der Waals surface area contributed by atoms with Crippen LogP contribution in [0.15, 0.2) is 18.2 Å². The highest BCUT2D eigenvalue weighted by Crippen LogP contribution is 2.34. The maximum Gasteiger partial charge on any atom is 0.412 e. The third-order valence-corrected chi connectivity index (χ3v) is 3.22. The van der Waals surface area contributed by atoms with E-state index in [1.165, 1.54) is 0 Å². The molecule has 24 heavy (non-hydrogen) atoms. The molecular weight excluding hydrogens is 360 g/mol. The Bertz CT molecular complexity index is 637. The Labute approximate surface area is 138 Å². The van der Waals surface area contributed by atoms with Gasteiger partial charge in [-0.3, -0.25) is 0 Å². The van der Waals surface area contributed by atoms with Crippen molar-refractivity contribution in [1.82, 2.24) is 10.6 Å². The van der Waals surface area contributed by atoms with E-state index in [2.05, 4.69) is 0 Å². The number of amides is 2. The minimum atomic E-state index is -4.92. The second kappa shape index (κ2) is 7.22. The number of aliphatic carboxylic acids is 1. The van der Waals surface area contributed by atoms with Crippen molar-refractivity contribution in [3.05, 3.63) is 34.6 Å². The maximum absolute atomic E-state index is 13.1. The molecule has 1 aromatic rings. The number of aliphatic hydroxyl groups is 1. The molecule has 6 nitrogen and oxygen atoms in total. The number of carboxylic acids is 1. The first-order valence-corrected chi connectivity index (χ1v) is 6.74. The number of carbonyl (C=O) groups excluding carboxylic acids is 1. The average Bonchev–Trinajstić information content (AvgIpc) is 2.44. The van der Waals surface area contributed by atoms with Gasteiger partial charge in [0.1, 0.15) is 5.82 Å². The molecule has 0 fully saturated rings. The molecule has 1 aromatic carbocycles. The van der Waals surface area contributed by atoms with Crippen LogP contribution in [0.25, 0.3) is 0 Å². The molecule has 1 rings (SSSR count). The normalized spacial score (nSPS) is 15.3. The number of halogens is 5. The summed E-state index contributed by atoms with van der Waals surface area (Å²) in [6.07, 6.45) is -4.92. The number of urea groups is 1. The van der Waals surface area contributed by atoms with Gasteiger partial charge in [-0.1, -0.05) is 17.7 Å². The van der Waals surface area contributed by atoms with Crippen molar-refractivity contribution in [3.63, 3.8) is 0 Å². The lowest BCUT2D eigenvalue weighted by molar-refractivity contribution is -0.157. The second-order valence-electron chi connectivity index (χ2n) is 5.05. The molecule has 0 saturated carbocycles. The molecule has 0 spiro atoms. The molecule has 2 unspecified atom stereocenters. The fraction of sp³-hybridized carbons (Fsp3) is 0.385. The summed E-state index contributed by atoms with van der Waals surface area (Å²) in [6.45, 7) is 0.0273. The largest absolute Gasteiger partial charge is 0.479 e. The van der Waals surface area contributed by atoms with Crippen molar-refractivity contribution >= 4 is 23.6 Å². The predicted molar refractivity (Wildman–Crippen MR) is 75.0 cm³/mol. The van der Waals surface area contributed by atoms with E-state index in [0.717, 1.165) is 13.0 Å². The van der Waals surface area contributed by atoms with E-state index in [4.69, 9.17) is 16.7 Å². The number of rotatable bonds is 5. The van der Waals surface area contributed by atoms with Gasteiger partial charge in [0, 0.05) is 0 Å². The summed E-state index contributed by atoms with van der Waals surface area (Å²) in [6, 6.07) is -1.66. The predicted octanol–water partition coefficient (Wildman–Crippen LogP) is 2.22. The summed E-state index contributed by atoms with van der Waals surface area (Å²) < 4.78 is 52.3. The maximum atomic E-state index is 13.1. The van der Waals surface area contributed by atoms with Crippen LogP contribution in [0.2, 0.25) is 5.02 Å². The van der Waals surface area contributed by atoms with E-state index >= 15 is 0 Å². The van der Waals surface area contributed by atoms with E-state index in [9.17, 15) is 32.3 Å². The molecule has 2 atom stereocenters. The van der Waals surface area contributed by atoms with Crippen molar-refractivity contribution in [2.75, 3.05) is 6.54 Å². The van der Waals surface area contributed by atoms with Gasteiger partial charge in [-0.05, 0) is 24.6 Å². The lowest BCUT2D eigenvalue weighted by Crippen LogP contribution is -2.51. The fourth-order valence-electron chi connectivity index (χ4n) is 1.56. The van der Waals surface area contributed by atoms with Crippen LogP contribution in [0, 0.1) is 5.82 Å². The van der Waals surface area contributed by atoms with E-state index in [1.807, 2.05) is 5.32 Å². The van der Waals surface area contributed by atoms with E-state index < -0.39 is 52.8 Å². The minimum absolute atomic E-state index is 0.519. The summed E-state index contributed by atoms with van der Waals surface area (Å²) in [4.78, 5) is 22.2. The molecule has 0 aromatic heterocycles. The molecule has 0 heterocycles. The second-order valence-corrected chi connectivity index (χ2v) is 5.46. The van der Waals surface area contributed by atoms with Crippen molar-refractivity contribution < 1.29 is 37.4 Å². The van der Waals surface area contributed by atoms with Gasteiger partial charge in [-0.25, -0.2) is 14.0 Å². The van der Waals surface area contributed by atoms with E-state index in [-0.39, 0.29) is 0 Å². The van der Waals surface area contributed by atoms with Crippen molar-refractivity contribution in [3.8, 4) is 0 Å². The molecule has 0 aliphatic heterocycles.